The highest BCUT2D eigenvalue weighted by Gasteiger charge is 2.44. The maximum Gasteiger partial charge on any atom is 0.253 e. The number of hydrogen-bond donors (Lipinski definition) is 1. The van der Waals surface area contributed by atoms with Crippen LogP contribution < -0.4 is 5.32 Å². The van der Waals surface area contributed by atoms with E-state index in [9.17, 15) is 4.79 Å². The van der Waals surface area contributed by atoms with E-state index >= 15 is 0 Å². The molecular formula is C27H29N3OS. The van der Waals surface area contributed by atoms with Gasteiger partial charge in [-0.05, 0) is 66.6 Å². The van der Waals surface area contributed by atoms with Crippen LogP contribution in [0.2, 0.25) is 0 Å². The number of nitrogens with zero attached hydrogens (tertiary/aromatic N) is 2. The number of carbonyl (C=O) groups is 1. The van der Waals surface area contributed by atoms with E-state index in [2.05, 4.69) is 70.2 Å². The van der Waals surface area contributed by atoms with Crippen LogP contribution in [0.1, 0.15) is 57.7 Å². The smallest absolute Gasteiger partial charge is 0.253 e. The zero-order valence-corrected chi connectivity index (χ0v) is 19.1. The topological polar surface area (TPSA) is 35.6 Å². The highest BCUT2D eigenvalue weighted by molar-refractivity contribution is 7.09. The van der Waals surface area contributed by atoms with Gasteiger partial charge in [-0.1, -0.05) is 36.4 Å². The van der Waals surface area contributed by atoms with E-state index in [-0.39, 0.29) is 5.91 Å². The molecule has 0 radical (unpaired) electrons. The average molecular weight is 444 g/mol. The quantitative estimate of drug-likeness (QED) is 0.561. The molecule has 0 spiro atoms. The summed E-state index contributed by atoms with van der Waals surface area (Å²) in [6, 6.07) is 22.2. The second-order valence-corrected chi connectivity index (χ2v) is 10.3. The fourth-order valence-electron chi connectivity index (χ4n) is 5.88. The minimum Gasteiger partial charge on any atom is -0.378 e. The first kappa shape index (κ1) is 20.0. The van der Waals surface area contributed by atoms with Gasteiger partial charge in [-0.25, -0.2) is 0 Å². The molecule has 2 aromatic carbocycles. The minimum atomic E-state index is 0.190. The van der Waals surface area contributed by atoms with E-state index in [0.29, 0.717) is 18.0 Å². The van der Waals surface area contributed by atoms with E-state index in [0.717, 1.165) is 51.0 Å². The number of thiophene rings is 1. The number of fused-ring (bicyclic) bond motifs is 3. The van der Waals surface area contributed by atoms with Crippen molar-refractivity contribution < 1.29 is 4.79 Å². The van der Waals surface area contributed by atoms with Gasteiger partial charge in [-0.15, -0.1) is 11.3 Å². The summed E-state index contributed by atoms with van der Waals surface area (Å²) in [4.78, 5) is 19.2. The highest BCUT2D eigenvalue weighted by atomic mass is 32.1. The van der Waals surface area contributed by atoms with Crippen molar-refractivity contribution in [3.8, 4) is 0 Å². The Bertz CT molecular complexity index is 1090. The first-order valence-electron chi connectivity index (χ1n) is 11.8. The van der Waals surface area contributed by atoms with Crippen molar-refractivity contribution >= 4 is 22.9 Å². The van der Waals surface area contributed by atoms with Crippen molar-refractivity contribution in [2.45, 2.75) is 37.9 Å². The first-order chi connectivity index (χ1) is 15.8. The summed E-state index contributed by atoms with van der Waals surface area (Å²) < 4.78 is 0. The van der Waals surface area contributed by atoms with E-state index in [1.54, 1.807) is 0 Å². The molecule has 3 aromatic rings. The molecular weight excluding hydrogens is 414 g/mol. The number of amides is 1. The molecule has 0 aliphatic carbocycles. The van der Waals surface area contributed by atoms with E-state index in [1.165, 1.54) is 21.7 Å². The summed E-state index contributed by atoms with van der Waals surface area (Å²) >= 11 is 1.83. The van der Waals surface area contributed by atoms with Gasteiger partial charge in [-0.2, -0.15) is 0 Å². The van der Waals surface area contributed by atoms with Crippen molar-refractivity contribution in [3.05, 3.63) is 87.6 Å². The summed E-state index contributed by atoms with van der Waals surface area (Å²) in [5.74, 6) is 0.678. The summed E-state index contributed by atoms with van der Waals surface area (Å²) in [6.45, 7) is 3.84. The molecule has 0 saturated carbocycles. The third-order valence-corrected chi connectivity index (χ3v) is 8.26. The standard InChI is InChI=1S/C27H29N3OS/c31-27(29-13-4-5-14-29)20-10-11-24-23(17-20)26-22(25(28-24)19-7-2-1-3-8-19)12-15-30(26)18-21-9-6-16-32-21/h1-3,6-11,16-17,22,25-26,28H,4-5,12-15,18H2. The summed E-state index contributed by atoms with van der Waals surface area (Å²) in [5.41, 5.74) is 4.66. The van der Waals surface area contributed by atoms with Gasteiger partial charge in [0.1, 0.15) is 0 Å². The molecule has 6 rings (SSSR count). The zero-order valence-electron chi connectivity index (χ0n) is 18.2. The van der Waals surface area contributed by atoms with Crippen LogP contribution >= 0.6 is 11.3 Å². The Morgan fingerprint density at radius 2 is 1.84 bits per heavy atom. The van der Waals surface area contributed by atoms with Crippen LogP contribution in [0.5, 0.6) is 0 Å². The Labute approximate surface area is 193 Å². The molecule has 5 heteroatoms. The molecule has 0 bridgehead atoms. The SMILES string of the molecule is O=C(c1ccc2c(c1)C1C(CCN1Cc1cccs1)C(c1ccccc1)N2)N1CCCC1. The number of carbonyl (C=O) groups excluding carboxylic acids is 1. The maximum atomic E-state index is 13.1. The second-order valence-electron chi connectivity index (χ2n) is 9.28. The Kier molecular flexibility index (Phi) is 5.24. The molecule has 1 amide bonds. The molecule has 2 fully saturated rings. The first-order valence-corrected chi connectivity index (χ1v) is 12.7. The minimum absolute atomic E-state index is 0.190. The molecule has 3 aliphatic rings. The lowest BCUT2D eigenvalue weighted by Gasteiger charge is -2.40. The Balaban J connectivity index is 1.39. The number of likely N-dealkylation sites (tertiary alicyclic amines) is 2. The molecule has 32 heavy (non-hydrogen) atoms. The van der Waals surface area contributed by atoms with E-state index in [1.807, 2.05) is 22.3 Å². The van der Waals surface area contributed by atoms with Crippen LogP contribution in [0, 0.1) is 5.92 Å². The van der Waals surface area contributed by atoms with Crippen LogP contribution in [0.3, 0.4) is 0 Å². The molecule has 3 aliphatic heterocycles. The van der Waals surface area contributed by atoms with Crippen LogP contribution in [0.4, 0.5) is 5.69 Å². The number of benzene rings is 2. The lowest BCUT2D eigenvalue weighted by atomic mass is 9.79. The van der Waals surface area contributed by atoms with Gasteiger partial charge in [-0.3, -0.25) is 9.69 Å². The Morgan fingerprint density at radius 3 is 2.62 bits per heavy atom. The van der Waals surface area contributed by atoms with Gasteiger partial charge in [0.2, 0.25) is 0 Å². The highest BCUT2D eigenvalue weighted by Crippen LogP contribution is 2.51. The summed E-state index contributed by atoms with van der Waals surface area (Å²) in [6.07, 6.45) is 3.40. The lowest BCUT2D eigenvalue weighted by Crippen LogP contribution is -2.35. The third-order valence-electron chi connectivity index (χ3n) is 7.40. The monoisotopic (exact) mass is 443 g/mol. The van der Waals surface area contributed by atoms with Gasteiger partial charge in [0.05, 0.1) is 6.04 Å². The number of anilines is 1. The van der Waals surface area contributed by atoms with Gasteiger partial charge < -0.3 is 10.2 Å². The molecule has 1 aromatic heterocycles. The Morgan fingerprint density at radius 1 is 1.00 bits per heavy atom. The van der Waals surface area contributed by atoms with Crippen molar-refractivity contribution in [3.63, 3.8) is 0 Å². The normalized spacial score (nSPS) is 24.8. The van der Waals surface area contributed by atoms with Crippen molar-refractivity contribution in [2.75, 3.05) is 25.0 Å². The number of hydrogen-bond acceptors (Lipinski definition) is 4. The van der Waals surface area contributed by atoms with Crippen LogP contribution in [0.25, 0.3) is 0 Å². The fraction of sp³-hybridized carbons (Fsp3) is 0.370. The van der Waals surface area contributed by atoms with Crippen LogP contribution in [-0.4, -0.2) is 35.3 Å². The number of nitrogens with one attached hydrogen (secondary N) is 1. The molecule has 3 unspecified atom stereocenters. The zero-order chi connectivity index (χ0) is 21.5. The Hall–Kier alpha value is -2.63. The number of rotatable bonds is 4. The van der Waals surface area contributed by atoms with E-state index in [4.69, 9.17) is 0 Å². The lowest BCUT2D eigenvalue weighted by molar-refractivity contribution is 0.0792. The molecule has 4 nitrogen and oxygen atoms in total. The fourth-order valence-corrected chi connectivity index (χ4v) is 6.61. The summed E-state index contributed by atoms with van der Waals surface area (Å²) in [5, 5.41) is 6.02. The molecule has 164 valence electrons. The second kappa shape index (κ2) is 8.38. The predicted octanol–water partition coefficient (Wildman–Crippen LogP) is 5.71. The van der Waals surface area contributed by atoms with E-state index < -0.39 is 0 Å². The molecule has 3 atom stereocenters. The summed E-state index contributed by atoms with van der Waals surface area (Å²) in [7, 11) is 0. The van der Waals surface area contributed by atoms with Crippen LogP contribution in [-0.2, 0) is 6.54 Å². The molecule has 4 heterocycles. The molecule has 2 saturated heterocycles. The van der Waals surface area contributed by atoms with Crippen molar-refractivity contribution in [2.24, 2.45) is 5.92 Å². The third kappa shape index (κ3) is 3.54. The van der Waals surface area contributed by atoms with Crippen molar-refractivity contribution in [1.82, 2.24) is 9.80 Å². The molecule has 1 N–H and O–H groups in total. The van der Waals surface area contributed by atoms with Gasteiger partial charge in [0.25, 0.3) is 5.91 Å². The maximum absolute atomic E-state index is 13.1. The average Bonchev–Trinajstić information content (AvgIpc) is 3.61. The van der Waals surface area contributed by atoms with Crippen LogP contribution in [0.15, 0.2) is 66.0 Å². The predicted molar refractivity (Wildman–Crippen MR) is 130 cm³/mol. The van der Waals surface area contributed by atoms with Crippen molar-refractivity contribution in [1.29, 1.82) is 0 Å². The van der Waals surface area contributed by atoms with Gasteiger partial charge in [0.15, 0.2) is 0 Å². The largest absolute Gasteiger partial charge is 0.378 e. The van der Waals surface area contributed by atoms with Gasteiger partial charge >= 0.3 is 0 Å². The van der Waals surface area contributed by atoms with Gasteiger partial charge in [0, 0.05) is 47.7 Å².